The predicted molar refractivity (Wildman–Crippen MR) is 527 cm³/mol. The molecule has 0 aliphatic carbocycles. The molecular formula is C102H174N8O12S4. The normalized spacial score (nSPS) is 19.0. The number of amides is 8. The Kier molecular flexibility index (Phi) is 52.2. The summed E-state index contributed by atoms with van der Waals surface area (Å²) in [6.07, 6.45) is 41.4. The van der Waals surface area contributed by atoms with Gasteiger partial charge in [-0.05, 0) is 285 Å². The van der Waals surface area contributed by atoms with Gasteiger partial charge in [0.15, 0.2) is 13.2 Å². The van der Waals surface area contributed by atoms with Gasteiger partial charge in [-0.3, -0.25) is 38.4 Å². The van der Waals surface area contributed by atoms with Gasteiger partial charge >= 0.3 is 0 Å². The Morgan fingerprint density at radius 3 is 1.13 bits per heavy atom. The van der Waals surface area contributed by atoms with Crippen molar-refractivity contribution in [3.05, 3.63) is 44.5 Å². The Morgan fingerprint density at radius 1 is 0.381 bits per heavy atom. The summed E-state index contributed by atoms with van der Waals surface area (Å²) in [6.45, 7) is 36.8. The second-order valence-electron chi connectivity index (χ2n) is 39.9. The average molecular weight is 1830 g/mol. The monoisotopic (exact) mass is 1830 g/mol. The lowest BCUT2D eigenvalue weighted by molar-refractivity contribution is -0.130. The number of fused-ring (bicyclic) bond motifs is 2. The van der Waals surface area contributed by atoms with Gasteiger partial charge in [0.05, 0.1) is 0 Å². The summed E-state index contributed by atoms with van der Waals surface area (Å²) >= 11 is 0. The molecule has 2 saturated heterocycles. The number of carbonyl (C=O) groups is 8. The van der Waals surface area contributed by atoms with E-state index in [1.165, 1.54) is 114 Å². The van der Waals surface area contributed by atoms with Crippen molar-refractivity contribution in [1.82, 2.24) is 37.2 Å². The minimum absolute atomic E-state index is 0.0491. The molecule has 2 unspecified atom stereocenters. The molecule has 2 fully saturated rings. The first-order valence-electron chi connectivity index (χ1n) is 50.0. The molecule has 9 N–H and O–H groups in total. The first-order chi connectivity index (χ1) is 60.2. The van der Waals surface area contributed by atoms with Crippen LogP contribution in [0.5, 0.6) is 23.0 Å². The van der Waals surface area contributed by atoms with Crippen LogP contribution in [0, 0.1) is 77.0 Å². The highest BCUT2D eigenvalue weighted by Crippen LogP contribution is 2.48. The van der Waals surface area contributed by atoms with Gasteiger partial charge in [0.1, 0.15) is 52.3 Å². The van der Waals surface area contributed by atoms with Crippen LogP contribution in [0.1, 0.15) is 390 Å². The summed E-state index contributed by atoms with van der Waals surface area (Å²) in [5.41, 5.74) is 13.5. The molecule has 0 radical (unpaired) electrons. The number of unbranched alkanes of at least 4 members (excludes halogenated alkanes) is 7. The topological polar surface area (TPSA) is 284 Å². The molecule has 4 aliphatic heterocycles. The van der Waals surface area contributed by atoms with Crippen molar-refractivity contribution < 1.29 is 57.3 Å². The molecule has 24 heteroatoms. The van der Waals surface area contributed by atoms with E-state index in [0.717, 1.165) is 175 Å². The van der Waals surface area contributed by atoms with Crippen LogP contribution in [0.2, 0.25) is 0 Å². The molecule has 6 rings (SSSR count). The average Bonchev–Trinajstić information content (AvgIpc) is 0.845. The van der Waals surface area contributed by atoms with E-state index in [-0.39, 0.29) is 72.7 Å². The van der Waals surface area contributed by atoms with Crippen molar-refractivity contribution >= 4 is 90.4 Å². The van der Waals surface area contributed by atoms with E-state index in [1.807, 2.05) is 63.9 Å². The van der Waals surface area contributed by atoms with Gasteiger partial charge in [-0.2, -0.15) is 0 Å². The van der Waals surface area contributed by atoms with Crippen LogP contribution in [0.25, 0.3) is 0 Å². The molecule has 0 saturated carbocycles. The lowest BCUT2D eigenvalue weighted by Crippen LogP contribution is -2.48. The molecule has 718 valence electrons. The van der Waals surface area contributed by atoms with Crippen molar-refractivity contribution in [3.8, 4) is 23.0 Å². The van der Waals surface area contributed by atoms with Gasteiger partial charge < -0.3 is 61.9 Å². The SMILES string of the molecule is Cc1c(C)c2c(c(C)c1OCC(=O)NCCCC[C@H](NC(=O)COc1c(C)c(C)c3c(c1C)CC[C@@](C)(CCC[C@H](C)CCC[C@H](C)CCCC(C)C)O3)C(=O)NCCCCCC(=O)N[C@@H](CCCCNC(=O)[C@H](CCCCNC(=O)CCCCC1CCSS1)NC(=O)CCCCC1CCSS1)C(N)=O)CC[C@@](C)(CCC[C@H](C)CCC[C@H](C)CCCC(C)C)O2. The Balaban J connectivity index is 0.963. The highest BCUT2D eigenvalue weighted by Gasteiger charge is 2.38. The quantitative estimate of drug-likeness (QED) is 0.0226. The van der Waals surface area contributed by atoms with Crippen molar-refractivity contribution in [1.29, 1.82) is 0 Å². The standard InChI is InChI=1S/C102H174N8O12S4/c1-70(2)36-30-38-72(5)40-32-42-74(7)44-34-58-101(15)60-54-84-80(13)94(76(9)78(11)96(84)121-101)119-68-92(114)105-63-28-25-50-88(110-93(115)69-120-95-77(10)79(12)97-85(81(95)14)55-61-102(16,122-97)59-35-45-75(8)43-33-41-73(6)39-31-37-71(3)4)100(118)106-64-26-17-18-52-90(112)108-86(98(103)116)48-23-29-65-107-99(117)87(109-91(113)53-22-20-47-83-57-67-124-126-83)49-24-27-62-104-89(111)51-21-19-46-82-56-66-123-125-82/h70-75,82-83,86-88H,17-69H2,1-16H3,(H2,103,116)(H,104,111)(H,105,114)(H,106,118)(H,107,117)(H,108,112)(H,109,113)(H,110,115)/t72-,73-,74-,75-,82?,83?,86+,87+,88+,101-,102-/m1/s1. The van der Waals surface area contributed by atoms with Gasteiger partial charge in [-0.25, -0.2) is 0 Å². The van der Waals surface area contributed by atoms with Gasteiger partial charge in [0.2, 0.25) is 35.4 Å². The zero-order chi connectivity index (χ0) is 92.0. The molecule has 0 spiro atoms. The minimum Gasteiger partial charge on any atom is -0.487 e. The Bertz CT molecular complexity index is 3610. The predicted octanol–water partition coefficient (Wildman–Crippen LogP) is 21.9. The maximum Gasteiger partial charge on any atom is 0.258 e. The number of nitrogens with one attached hydrogen (secondary N) is 7. The number of nitrogens with two attached hydrogens (primary N) is 1. The smallest absolute Gasteiger partial charge is 0.258 e. The number of carbonyl (C=O) groups excluding carboxylic acids is 8. The Morgan fingerprint density at radius 2 is 0.730 bits per heavy atom. The second-order valence-corrected chi connectivity index (χ2v) is 45.5. The van der Waals surface area contributed by atoms with Gasteiger partial charge in [0.25, 0.3) is 11.8 Å². The largest absolute Gasteiger partial charge is 0.487 e. The summed E-state index contributed by atoms with van der Waals surface area (Å²) in [5, 5.41) is 22.2. The number of hydrogen-bond acceptors (Lipinski definition) is 16. The number of hydrogen-bond donors (Lipinski definition) is 8. The molecule has 2 aromatic carbocycles. The van der Waals surface area contributed by atoms with Crippen LogP contribution in [0.15, 0.2) is 0 Å². The summed E-state index contributed by atoms with van der Waals surface area (Å²) < 4.78 is 26.7. The van der Waals surface area contributed by atoms with E-state index in [0.29, 0.717) is 138 Å². The van der Waals surface area contributed by atoms with E-state index in [1.54, 1.807) is 0 Å². The highest BCUT2D eigenvalue weighted by molar-refractivity contribution is 8.77. The zero-order valence-electron chi connectivity index (χ0n) is 81.4. The maximum atomic E-state index is 14.2. The fourth-order valence-electron chi connectivity index (χ4n) is 18.5. The molecular weight excluding hydrogens is 1660 g/mol. The van der Waals surface area contributed by atoms with E-state index in [4.69, 9.17) is 24.7 Å². The molecule has 0 bridgehead atoms. The van der Waals surface area contributed by atoms with Crippen LogP contribution in [0.3, 0.4) is 0 Å². The number of benzene rings is 2. The lowest BCUT2D eigenvalue weighted by Gasteiger charge is -2.38. The van der Waals surface area contributed by atoms with Crippen LogP contribution >= 0.6 is 43.2 Å². The second kappa shape index (κ2) is 60.0. The van der Waals surface area contributed by atoms with E-state index < -0.39 is 29.9 Å². The molecule has 8 amide bonds. The van der Waals surface area contributed by atoms with E-state index in [2.05, 4.69) is 127 Å². The Hall–Kier alpha value is -5.20. The molecule has 20 nitrogen and oxygen atoms in total. The molecule has 2 aromatic rings. The van der Waals surface area contributed by atoms with Crippen molar-refractivity contribution in [3.63, 3.8) is 0 Å². The number of ether oxygens (including phenoxy) is 4. The minimum atomic E-state index is -0.901. The van der Waals surface area contributed by atoms with Gasteiger partial charge in [0, 0.05) is 78.6 Å². The van der Waals surface area contributed by atoms with Crippen LogP contribution in [-0.4, -0.2) is 138 Å². The lowest BCUT2D eigenvalue weighted by atomic mass is 9.83. The summed E-state index contributed by atoms with van der Waals surface area (Å²) in [4.78, 5) is 107. The van der Waals surface area contributed by atoms with Gasteiger partial charge in [-0.1, -0.05) is 208 Å². The zero-order valence-corrected chi connectivity index (χ0v) is 84.7. The van der Waals surface area contributed by atoms with E-state index >= 15 is 0 Å². The maximum absolute atomic E-state index is 14.2. The van der Waals surface area contributed by atoms with Crippen LogP contribution in [-0.2, 0) is 51.2 Å². The van der Waals surface area contributed by atoms with Gasteiger partial charge in [-0.15, -0.1) is 0 Å². The summed E-state index contributed by atoms with van der Waals surface area (Å²) in [5.74, 6) is 7.82. The molecule has 0 aromatic heterocycles. The molecule has 4 aliphatic rings. The highest BCUT2D eigenvalue weighted by atomic mass is 33.1. The third kappa shape index (κ3) is 42.1. The third-order valence-corrected chi connectivity index (χ3v) is 33.3. The summed E-state index contributed by atoms with van der Waals surface area (Å²) in [6, 6.07) is -2.52. The molecule has 11 atom stereocenters. The summed E-state index contributed by atoms with van der Waals surface area (Å²) in [7, 11) is 7.76. The van der Waals surface area contributed by atoms with Crippen molar-refractivity contribution in [2.24, 2.45) is 41.2 Å². The first-order valence-corrected chi connectivity index (χ1v) is 54.7. The van der Waals surface area contributed by atoms with Crippen molar-refractivity contribution in [2.75, 3.05) is 50.9 Å². The third-order valence-electron chi connectivity index (χ3n) is 27.3. The van der Waals surface area contributed by atoms with Crippen LogP contribution < -0.4 is 61.9 Å². The first kappa shape index (κ1) is 110. The molecule has 126 heavy (non-hydrogen) atoms. The molecule has 4 heterocycles. The number of primary amides is 1. The fourth-order valence-corrected chi connectivity index (χ4v) is 24.6. The van der Waals surface area contributed by atoms with Crippen molar-refractivity contribution in [2.45, 2.75) is 440 Å². The Labute approximate surface area is 779 Å². The van der Waals surface area contributed by atoms with Crippen LogP contribution in [0.4, 0.5) is 0 Å². The fraction of sp³-hybridized carbons (Fsp3) is 0.804. The number of rotatable bonds is 67. The van der Waals surface area contributed by atoms with E-state index in [9.17, 15) is 38.4 Å².